The Labute approximate surface area is 139 Å². The van der Waals surface area contributed by atoms with Gasteiger partial charge in [0.2, 0.25) is 5.78 Å². The van der Waals surface area contributed by atoms with Gasteiger partial charge in [0.15, 0.2) is 6.29 Å². The third-order valence-electron chi connectivity index (χ3n) is 3.57. The second kappa shape index (κ2) is 7.50. The van der Waals surface area contributed by atoms with Crippen LogP contribution in [-0.4, -0.2) is 40.5 Å². The van der Waals surface area contributed by atoms with Gasteiger partial charge in [0.05, 0.1) is 45.1 Å². The number of ether oxygens (including phenoxy) is 4. The van der Waals surface area contributed by atoms with Crippen molar-refractivity contribution in [2.45, 2.75) is 0 Å². The normalized spacial score (nSPS) is 10.0. The van der Waals surface area contributed by atoms with E-state index in [1.807, 2.05) is 0 Å². The highest BCUT2D eigenvalue weighted by Crippen LogP contribution is 2.33. The van der Waals surface area contributed by atoms with Crippen LogP contribution in [0.3, 0.4) is 0 Å². The van der Waals surface area contributed by atoms with Crippen molar-refractivity contribution in [3.63, 3.8) is 0 Å². The molecule has 126 valence electrons. The molecule has 0 atom stereocenters. The number of benzene rings is 2. The van der Waals surface area contributed by atoms with Crippen molar-refractivity contribution in [3.05, 3.63) is 47.0 Å². The van der Waals surface area contributed by atoms with E-state index in [2.05, 4.69) is 0 Å². The summed E-state index contributed by atoms with van der Waals surface area (Å²) in [5.74, 6) is 1.15. The molecule has 0 radical (unpaired) electrons. The van der Waals surface area contributed by atoms with E-state index in [4.69, 9.17) is 18.9 Å². The minimum absolute atomic E-state index is 0.256. The molecular formula is C18H18O6. The molecule has 0 aliphatic carbocycles. The Morgan fingerprint density at radius 2 is 1.42 bits per heavy atom. The predicted molar refractivity (Wildman–Crippen MR) is 87.9 cm³/mol. The first-order valence-electron chi connectivity index (χ1n) is 7.07. The summed E-state index contributed by atoms with van der Waals surface area (Å²) < 4.78 is 20.8. The average Bonchev–Trinajstić information content (AvgIpc) is 2.65. The maximum absolute atomic E-state index is 13.0. The van der Waals surface area contributed by atoms with Gasteiger partial charge in [0.25, 0.3) is 0 Å². The van der Waals surface area contributed by atoms with Gasteiger partial charge < -0.3 is 18.9 Å². The Kier molecular flexibility index (Phi) is 5.42. The standard InChI is InChI=1S/C18H18O6/c1-21-12-5-6-15(22-2)13(8-12)18(20)14-9-16(23-3)11(10-19)7-17(14)24-4/h5-10H,1-4H3. The lowest BCUT2D eigenvalue weighted by Crippen LogP contribution is -2.08. The van der Waals surface area contributed by atoms with Gasteiger partial charge in [-0.3, -0.25) is 9.59 Å². The van der Waals surface area contributed by atoms with Crippen LogP contribution in [0.15, 0.2) is 30.3 Å². The molecule has 0 bridgehead atoms. The van der Waals surface area contributed by atoms with Gasteiger partial charge in [-0.1, -0.05) is 0 Å². The third kappa shape index (κ3) is 3.17. The lowest BCUT2D eigenvalue weighted by molar-refractivity contribution is 0.103. The number of hydrogen-bond acceptors (Lipinski definition) is 6. The third-order valence-corrected chi connectivity index (χ3v) is 3.57. The van der Waals surface area contributed by atoms with Crippen molar-refractivity contribution in [3.8, 4) is 23.0 Å². The van der Waals surface area contributed by atoms with Crippen LogP contribution in [0.25, 0.3) is 0 Å². The molecule has 2 rings (SSSR count). The van der Waals surface area contributed by atoms with Gasteiger partial charge in [-0.25, -0.2) is 0 Å². The Bertz CT molecular complexity index is 766. The molecule has 0 saturated carbocycles. The first kappa shape index (κ1) is 17.3. The summed E-state index contributed by atoms with van der Waals surface area (Å²) >= 11 is 0. The fourth-order valence-electron chi connectivity index (χ4n) is 2.33. The summed E-state index contributed by atoms with van der Waals surface area (Å²) in [7, 11) is 5.84. The predicted octanol–water partition coefficient (Wildman–Crippen LogP) is 2.76. The Hall–Kier alpha value is -3.02. The number of carbonyl (C=O) groups excluding carboxylic acids is 2. The highest BCUT2D eigenvalue weighted by Gasteiger charge is 2.22. The van der Waals surface area contributed by atoms with Gasteiger partial charge in [-0.05, 0) is 30.3 Å². The smallest absolute Gasteiger partial charge is 0.200 e. The summed E-state index contributed by atoms with van der Waals surface area (Å²) in [4.78, 5) is 24.1. The SMILES string of the molecule is COc1ccc(OC)c(C(=O)c2cc(OC)c(C=O)cc2OC)c1. The van der Waals surface area contributed by atoms with Gasteiger partial charge >= 0.3 is 0 Å². The van der Waals surface area contributed by atoms with Crippen LogP contribution >= 0.6 is 0 Å². The number of carbonyl (C=O) groups is 2. The van der Waals surface area contributed by atoms with Crippen LogP contribution in [0.5, 0.6) is 23.0 Å². The molecule has 0 heterocycles. The quantitative estimate of drug-likeness (QED) is 0.574. The zero-order valence-corrected chi connectivity index (χ0v) is 13.9. The number of hydrogen-bond donors (Lipinski definition) is 0. The zero-order chi connectivity index (χ0) is 17.7. The Morgan fingerprint density at radius 1 is 0.792 bits per heavy atom. The first-order valence-corrected chi connectivity index (χ1v) is 7.07. The van der Waals surface area contributed by atoms with Crippen LogP contribution < -0.4 is 18.9 Å². The second-order valence-electron chi connectivity index (χ2n) is 4.81. The van der Waals surface area contributed by atoms with E-state index in [0.29, 0.717) is 28.9 Å². The molecule has 0 aromatic heterocycles. The maximum Gasteiger partial charge on any atom is 0.200 e. The van der Waals surface area contributed by atoms with Crippen LogP contribution in [0.1, 0.15) is 26.3 Å². The van der Waals surface area contributed by atoms with Crippen molar-refractivity contribution < 1.29 is 28.5 Å². The molecule has 0 N–H and O–H groups in total. The number of methoxy groups -OCH3 is 4. The Balaban J connectivity index is 2.63. The van der Waals surface area contributed by atoms with Crippen LogP contribution in [0, 0.1) is 0 Å². The summed E-state index contributed by atoms with van der Waals surface area (Å²) in [5, 5.41) is 0. The topological polar surface area (TPSA) is 71.1 Å². The molecule has 0 fully saturated rings. The molecule has 6 heteroatoms. The molecule has 6 nitrogen and oxygen atoms in total. The van der Waals surface area contributed by atoms with Crippen molar-refractivity contribution in [1.82, 2.24) is 0 Å². The molecule has 0 aliphatic rings. The number of rotatable bonds is 7. The van der Waals surface area contributed by atoms with Crippen molar-refractivity contribution in [2.75, 3.05) is 28.4 Å². The fourth-order valence-corrected chi connectivity index (χ4v) is 2.33. The maximum atomic E-state index is 13.0. The van der Waals surface area contributed by atoms with Crippen molar-refractivity contribution in [1.29, 1.82) is 0 Å². The minimum Gasteiger partial charge on any atom is -0.497 e. The van der Waals surface area contributed by atoms with Gasteiger partial charge in [0, 0.05) is 0 Å². The molecule has 0 spiro atoms. The lowest BCUT2D eigenvalue weighted by Gasteiger charge is -2.14. The lowest BCUT2D eigenvalue weighted by atomic mass is 9.99. The van der Waals surface area contributed by atoms with Crippen LogP contribution in [0.2, 0.25) is 0 Å². The molecule has 2 aromatic rings. The van der Waals surface area contributed by atoms with E-state index in [-0.39, 0.29) is 22.8 Å². The van der Waals surface area contributed by atoms with Gasteiger partial charge in [-0.15, -0.1) is 0 Å². The highest BCUT2D eigenvalue weighted by molar-refractivity contribution is 6.13. The summed E-state index contributed by atoms with van der Waals surface area (Å²) in [5.41, 5.74) is 0.867. The fraction of sp³-hybridized carbons (Fsp3) is 0.222. The molecule has 0 aliphatic heterocycles. The largest absolute Gasteiger partial charge is 0.497 e. The molecule has 2 aromatic carbocycles. The average molecular weight is 330 g/mol. The van der Waals surface area contributed by atoms with Crippen molar-refractivity contribution in [2.24, 2.45) is 0 Å². The van der Waals surface area contributed by atoms with E-state index in [0.717, 1.165) is 0 Å². The summed E-state index contributed by atoms with van der Waals surface area (Å²) in [6.45, 7) is 0. The summed E-state index contributed by atoms with van der Waals surface area (Å²) in [6, 6.07) is 7.87. The first-order chi connectivity index (χ1) is 11.6. The number of aldehydes is 1. The number of ketones is 1. The molecule has 24 heavy (non-hydrogen) atoms. The van der Waals surface area contributed by atoms with Gasteiger partial charge in [-0.2, -0.15) is 0 Å². The zero-order valence-electron chi connectivity index (χ0n) is 13.9. The van der Waals surface area contributed by atoms with Crippen LogP contribution in [0.4, 0.5) is 0 Å². The van der Waals surface area contributed by atoms with E-state index in [1.165, 1.54) is 40.6 Å². The molecule has 0 saturated heterocycles. The van der Waals surface area contributed by atoms with E-state index in [1.54, 1.807) is 18.2 Å². The van der Waals surface area contributed by atoms with Gasteiger partial charge in [0.1, 0.15) is 23.0 Å². The Morgan fingerprint density at radius 3 is 1.96 bits per heavy atom. The van der Waals surface area contributed by atoms with Crippen molar-refractivity contribution >= 4 is 12.1 Å². The summed E-state index contributed by atoms with van der Waals surface area (Å²) in [6.07, 6.45) is 0.641. The second-order valence-corrected chi connectivity index (χ2v) is 4.81. The highest BCUT2D eigenvalue weighted by atomic mass is 16.5. The van der Waals surface area contributed by atoms with E-state index < -0.39 is 0 Å². The van der Waals surface area contributed by atoms with Crippen LogP contribution in [-0.2, 0) is 0 Å². The molecule has 0 unspecified atom stereocenters. The monoisotopic (exact) mass is 330 g/mol. The molecule has 0 amide bonds. The molecular weight excluding hydrogens is 312 g/mol. The van der Waals surface area contributed by atoms with E-state index in [9.17, 15) is 9.59 Å². The minimum atomic E-state index is -0.335. The van der Waals surface area contributed by atoms with E-state index >= 15 is 0 Å².